The van der Waals surface area contributed by atoms with Gasteiger partial charge in [0.15, 0.2) is 9.84 Å². The van der Waals surface area contributed by atoms with Crippen molar-refractivity contribution in [3.63, 3.8) is 0 Å². The van der Waals surface area contributed by atoms with Gasteiger partial charge in [0.25, 0.3) is 0 Å². The van der Waals surface area contributed by atoms with E-state index in [4.69, 9.17) is 0 Å². The fourth-order valence-corrected chi connectivity index (χ4v) is 4.19. The van der Waals surface area contributed by atoms with E-state index >= 15 is 0 Å². The lowest BCUT2D eigenvalue weighted by molar-refractivity contribution is 0.0400. The van der Waals surface area contributed by atoms with E-state index in [2.05, 4.69) is 5.32 Å². The van der Waals surface area contributed by atoms with Crippen LogP contribution < -0.4 is 5.32 Å². The first-order valence-electron chi connectivity index (χ1n) is 4.18. The fourth-order valence-electron chi connectivity index (χ4n) is 2.12. The zero-order valence-electron chi connectivity index (χ0n) is 6.73. The van der Waals surface area contributed by atoms with Crippen LogP contribution in [0.5, 0.6) is 0 Å². The summed E-state index contributed by atoms with van der Waals surface area (Å²) in [7, 11) is -2.87. The van der Waals surface area contributed by atoms with Crippen LogP contribution in [0.3, 0.4) is 0 Å². The van der Waals surface area contributed by atoms with Crippen LogP contribution in [-0.2, 0) is 9.84 Å². The van der Waals surface area contributed by atoms with E-state index < -0.39 is 15.9 Å². The van der Waals surface area contributed by atoms with Gasteiger partial charge in [0.1, 0.15) is 0 Å². The molecule has 2 rings (SSSR count). The van der Waals surface area contributed by atoms with Gasteiger partial charge in [0.2, 0.25) is 0 Å². The number of aliphatic hydroxyl groups excluding tert-OH is 1. The normalized spacial score (nSPS) is 45.6. The monoisotopic (exact) mass is 191 g/mol. The van der Waals surface area contributed by atoms with Crippen LogP contribution in [-0.4, -0.2) is 44.2 Å². The number of hydrogen-bond acceptors (Lipinski definition) is 4. The van der Waals surface area contributed by atoms with Crippen molar-refractivity contribution < 1.29 is 13.5 Å². The molecule has 0 aromatic rings. The first-order valence-corrected chi connectivity index (χ1v) is 6.00. The molecule has 4 nitrogen and oxygen atoms in total. The lowest BCUT2D eigenvalue weighted by Crippen LogP contribution is -2.55. The molecule has 12 heavy (non-hydrogen) atoms. The average molecular weight is 191 g/mol. The quantitative estimate of drug-likeness (QED) is 0.495. The topological polar surface area (TPSA) is 66.4 Å². The molecule has 0 spiro atoms. The van der Waals surface area contributed by atoms with Crippen molar-refractivity contribution in [3.8, 4) is 0 Å². The highest BCUT2D eigenvalue weighted by Crippen LogP contribution is 2.26. The summed E-state index contributed by atoms with van der Waals surface area (Å²) in [5.41, 5.74) is 0. The molecule has 0 aromatic heterocycles. The molecule has 0 aliphatic carbocycles. The van der Waals surface area contributed by atoms with Crippen LogP contribution in [0.15, 0.2) is 0 Å². The fraction of sp³-hybridized carbons (Fsp3) is 1.00. The van der Waals surface area contributed by atoms with Crippen LogP contribution in [0.4, 0.5) is 0 Å². The average Bonchev–Trinajstić information content (AvgIpc) is 1.92. The van der Waals surface area contributed by atoms with Gasteiger partial charge in [-0.1, -0.05) is 0 Å². The van der Waals surface area contributed by atoms with Gasteiger partial charge >= 0.3 is 0 Å². The molecule has 2 bridgehead atoms. The number of aliphatic hydroxyl groups is 1. The maximum absolute atomic E-state index is 11.3. The third kappa shape index (κ3) is 1.36. The molecule has 0 aromatic carbocycles. The molecule has 0 radical (unpaired) electrons. The third-order valence-corrected chi connectivity index (χ3v) is 4.59. The second kappa shape index (κ2) is 2.68. The van der Waals surface area contributed by atoms with Gasteiger partial charge in [0.05, 0.1) is 17.6 Å². The smallest absolute Gasteiger partial charge is 0.151 e. The van der Waals surface area contributed by atoms with Crippen molar-refractivity contribution in [2.24, 2.45) is 11.8 Å². The van der Waals surface area contributed by atoms with Crippen molar-refractivity contribution in [3.05, 3.63) is 0 Å². The lowest BCUT2D eigenvalue weighted by Gasteiger charge is -2.39. The number of rotatable bonds is 0. The molecular formula is C7H13NO3S. The Kier molecular flexibility index (Phi) is 1.89. The van der Waals surface area contributed by atoms with Gasteiger partial charge in [-0.3, -0.25) is 0 Å². The molecule has 2 aliphatic rings. The predicted octanol–water partition coefficient (Wildman–Crippen LogP) is -1.39. The highest BCUT2D eigenvalue weighted by atomic mass is 32.2. The maximum atomic E-state index is 11.3. The van der Waals surface area contributed by atoms with Crippen molar-refractivity contribution in [1.82, 2.24) is 5.32 Å². The van der Waals surface area contributed by atoms with Gasteiger partial charge in [-0.2, -0.15) is 0 Å². The maximum Gasteiger partial charge on any atom is 0.151 e. The molecule has 2 fully saturated rings. The van der Waals surface area contributed by atoms with E-state index in [-0.39, 0.29) is 23.3 Å². The van der Waals surface area contributed by atoms with Crippen molar-refractivity contribution in [1.29, 1.82) is 0 Å². The molecule has 70 valence electrons. The van der Waals surface area contributed by atoms with Gasteiger partial charge in [-0.05, 0) is 0 Å². The Bertz CT molecular complexity index is 254. The van der Waals surface area contributed by atoms with Crippen LogP contribution in [0, 0.1) is 11.8 Å². The van der Waals surface area contributed by atoms with Crippen LogP contribution in [0.1, 0.15) is 0 Å². The summed E-state index contributed by atoms with van der Waals surface area (Å²) >= 11 is 0. The van der Waals surface area contributed by atoms with Gasteiger partial charge in [-0.15, -0.1) is 0 Å². The third-order valence-electron chi connectivity index (χ3n) is 2.72. The van der Waals surface area contributed by atoms with Gasteiger partial charge < -0.3 is 10.4 Å². The minimum Gasteiger partial charge on any atom is -0.392 e. The molecule has 0 amide bonds. The van der Waals surface area contributed by atoms with Crippen molar-refractivity contribution >= 4 is 9.84 Å². The predicted molar refractivity (Wildman–Crippen MR) is 44.5 cm³/mol. The Morgan fingerprint density at radius 1 is 1.17 bits per heavy atom. The highest BCUT2D eigenvalue weighted by Gasteiger charge is 2.41. The summed E-state index contributed by atoms with van der Waals surface area (Å²) in [5, 5.41) is 12.7. The summed E-state index contributed by atoms with van der Waals surface area (Å²) < 4.78 is 22.5. The summed E-state index contributed by atoms with van der Waals surface area (Å²) in [6.07, 6.45) is -0.408. The number of fused-ring (bicyclic) bond motifs is 2. The largest absolute Gasteiger partial charge is 0.392 e. The number of sulfone groups is 1. The van der Waals surface area contributed by atoms with E-state index in [1.807, 2.05) is 0 Å². The second-order valence-corrected chi connectivity index (χ2v) is 5.90. The molecular weight excluding hydrogens is 178 g/mol. The molecule has 0 saturated carbocycles. The van der Waals surface area contributed by atoms with Crippen molar-refractivity contribution in [2.75, 3.05) is 24.6 Å². The molecule has 2 saturated heterocycles. The minimum atomic E-state index is -2.87. The zero-order valence-corrected chi connectivity index (χ0v) is 7.55. The number of piperidine rings is 1. The molecule has 3 atom stereocenters. The van der Waals surface area contributed by atoms with E-state index in [0.29, 0.717) is 13.1 Å². The molecule has 2 aliphatic heterocycles. The minimum absolute atomic E-state index is 0.0810. The highest BCUT2D eigenvalue weighted by molar-refractivity contribution is 7.91. The number of hydrogen-bond donors (Lipinski definition) is 2. The number of nitrogens with one attached hydrogen (secondary N) is 1. The van der Waals surface area contributed by atoms with Gasteiger partial charge in [0, 0.05) is 24.9 Å². The van der Waals surface area contributed by atoms with Crippen LogP contribution in [0.25, 0.3) is 0 Å². The molecule has 5 heteroatoms. The van der Waals surface area contributed by atoms with Crippen molar-refractivity contribution in [2.45, 2.75) is 6.10 Å². The Balaban J connectivity index is 2.23. The van der Waals surface area contributed by atoms with E-state index in [1.54, 1.807) is 0 Å². The second-order valence-electron chi connectivity index (χ2n) is 3.75. The van der Waals surface area contributed by atoms with E-state index in [9.17, 15) is 13.5 Å². The Morgan fingerprint density at radius 3 is 2.17 bits per heavy atom. The van der Waals surface area contributed by atoms with Gasteiger partial charge in [-0.25, -0.2) is 8.42 Å². The van der Waals surface area contributed by atoms with Crippen LogP contribution in [0.2, 0.25) is 0 Å². The first-order chi connectivity index (χ1) is 5.58. The molecule has 2 N–H and O–H groups in total. The Labute approximate surface area is 71.9 Å². The molecule has 2 heterocycles. The van der Waals surface area contributed by atoms with E-state index in [0.717, 1.165) is 0 Å². The Hall–Kier alpha value is -0.130. The molecule has 1 unspecified atom stereocenters. The summed E-state index contributed by atoms with van der Waals surface area (Å²) in [4.78, 5) is 0. The lowest BCUT2D eigenvalue weighted by atomic mass is 9.89. The van der Waals surface area contributed by atoms with E-state index in [1.165, 1.54) is 0 Å². The standard InChI is InChI=1S/C7H13NO3S/c9-7-5-1-8-2-6(7)4-12(10,11)3-5/h5-9H,1-4H2/t5-,6+,7?. The SMILES string of the molecule is O=S1(=O)C[C@H]2CNC[C@@H](C1)C2O. The summed E-state index contributed by atoms with van der Waals surface area (Å²) in [6.45, 7) is 1.27. The zero-order chi connectivity index (χ0) is 8.77. The Morgan fingerprint density at radius 2 is 1.67 bits per heavy atom. The summed E-state index contributed by atoms with van der Waals surface area (Å²) in [6, 6.07) is 0. The first kappa shape index (κ1) is 8.47. The summed E-state index contributed by atoms with van der Waals surface area (Å²) in [5.74, 6) is 0.139. The van der Waals surface area contributed by atoms with Crippen LogP contribution >= 0.6 is 0 Å².